The number of para-hydroxylation sites is 2. The van der Waals surface area contributed by atoms with E-state index in [4.69, 9.17) is 0 Å². The van der Waals surface area contributed by atoms with Crippen LogP contribution in [0.4, 0.5) is 0 Å². The van der Waals surface area contributed by atoms with Crippen LogP contribution in [0, 0.1) is 0 Å². The Hall–Kier alpha value is -3.02. The standard InChI is InChI=1S/C14H10N4O2/c19-13-16-18(12-9-5-2-6-10-12)14(20)15-17(13)11-7-3-1-4-8-11/h1-10H. The number of nitrogens with zero attached hydrogens (tertiary/aromatic N) is 4. The Kier molecular flexibility index (Phi) is 2.96. The van der Waals surface area contributed by atoms with Crippen LogP contribution in [-0.2, 0) is 0 Å². The van der Waals surface area contributed by atoms with Crippen LogP contribution >= 0.6 is 0 Å². The van der Waals surface area contributed by atoms with E-state index in [2.05, 4.69) is 10.2 Å². The molecule has 2 aromatic carbocycles. The van der Waals surface area contributed by atoms with E-state index in [1.807, 2.05) is 12.1 Å². The van der Waals surface area contributed by atoms with Gasteiger partial charge in [0.15, 0.2) is 5.69 Å². The average Bonchev–Trinajstić information content (AvgIpc) is 2.51. The van der Waals surface area contributed by atoms with Gasteiger partial charge in [0.2, 0.25) is 0 Å². The Morgan fingerprint density at radius 3 is 2.20 bits per heavy atom. The van der Waals surface area contributed by atoms with Crippen LogP contribution in [0.3, 0.4) is 0 Å². The second-order valence-electron chi connectivity index (χ2n) is 4.06. The normalized spacial score (nSPS) is 10.4. The van der Waals surface area contributed by atoms with Gasteiger partial charge in [0.05, 0.1) is 10.8 Å². The predicted molar refractivity (Wildman–Crippen MR) is 68.6 cm³/mol. The smallest absolute Gasteiger partial charge is 0.423 e. The highest BCUT2D eigenvalue weighted by atomic mass is 16.3. The number of aromatic nitrogens is 4. The Morgan fingerprint density at radius 1 is 0.950 bits per heavy atom. The molecule has 6 nitrogen and oxygen atoms in total. The highest BCUT2D eigenvalue weighted by molar-refractivity contribution is 5.29. The molecule has 0 atom stereocenters. The largest absolute Gasteiger partial charge is 0.803 e. The predicted octanol–water partition coefficient (Wildman–Crippen LogP) is -0.0222. The van der Waals surface area contributed by atoms with E-state index in [1.54, 1.807) is 48.5 Å². The minimum Gasteiger partial charge on any atom is -0.803 e. The number of benzene rings is 2. The quantitative estimate of drug-likeness (QED) is 0.611. The maximum absolute atomic E-state index is 12.0. The molecule has 1 aromatic heterocycles. The van der Waals surface area contributed by atoms with Gasteiger partial charge in [-0.15, -0.1) is 0 Å². The Labute approximate surface area is 114 Å². The molecular formula is C14H10N4O2. The molecule has 0 amide bonds. The van der Waals surface area contributed by atoms with Crippen LogP contribution in [-0.4, -0.2) is 14.9 Å². The second-order valence-corrected chi connectivity index (χ2v) is 4.06. The van der Waals surface area contributed by atoms with Gasteiger partial charge in [0, 0.05) is 0 Å². The Morgan fingerprint density at radius 2 is 1.55 bits per heavy atom. The molecule has 0 aliphatic rings. The fourth-order valence-corrected chi connectivity index (χ4v) is 1.82. The Balaban J connectivity index is 2.15. The van der Waals surface area contributed by atoms with E-state index in [9.17, 15) is 9.90 Å². The summed E-state index contributed by atoms with van der Waals surface area (Å²) in [4.78, 5) is 12.0. The van der Waals surface area contributed by atoms with E-state index in [0.717, 1.165) is 9.36 Å². The summed E-state index contributed by atoms with van der Waals surface area (Å²) in [5.41, 5.74) is 0.393. The molecule has 0 aliphatic heterocycles. The van der Waals surface area contributed by atoms with Gasteiger partial charge >= 0.3 is 11.7 Å². The lowest BCUT2D eigenvalue weighted by atomic mass is 10.3. The molecule has 0 fully saturated rings. The first-order valence-electron chi connectivity index (χ1n) is 5.97. The number of hydrogen-bond donors (Lipinski definition) is 0. The highest BCUT2D eigenvalue weighted by Gasteiger charge is 2.14. The van der Waals surface area contributed by atoms with Gasteiger partial charge in [-0.3, -0.25) is 0 Å². The summed E-state index contributed by atoms with van der Waals surface area (Å²) in [7, 11) is 0. The van der Waals surface area contributed by atoms with Gasteiger partial charge < -0.3 is 5.11 Å². The summed E-state index contributed by atoms with van der Waals surface area (Å²) in [5.74, 6) is 0. The van der Waals surface area contributed by atoms with Gasteiger partial charge in [0.1, 0.15) is 0 Å². The summed E-state index contributed by atoms with van der Waals surface area (Å²) >= 11 is 0. The monoisotopic (exact) mass is 266 g/mol. The third kappa shape index (κ3) is 2.14. The van der Waals surface area contributed by atoms with Gasteiger partial charge in [-0.1, -0.05) is 45.8 Å². The number of rotatable bonds is 2. The minimum atomic E-state index is -0.611. The maximum Gasteiger partial charge on any atom is 0.423 e. The first-order valence-corrected chi connectivity index (χ1v) is 5.97. The summed E-state index contributed by atoms with van der Waals surface area (Å²) in [5, 5.41) is 19.5. The van der Waals surface area contributed by atoms with Crippen molar-refractivity contribution in [3.8, 4) is 17.4 Å². The molecule has 0 aliphatic carbocycles. The van der Waals surface area contributed by atoms with Crippen LogP contribution in [0.5, 0.6) is 6.01 Å². The molecule has 20 heavy (non-hydrogen) atoms. The van der Waals surface area contributed by atoms with Crippen molar-refractivity contribution in [1.82, 2.24) is 14.9 Å². The summed E-state index contributed by atoms with van der Waals surface area (Å²) in [6, 6.07) is 16.8. The van der Waals surface area contributed by atoms with E-state index in [0.29, 0.717) is 11.4 Å². The lowest BCUT2D eigenvalue weighted by Crippen LogP contribution is -2.48. The average molecular weight is 266 g/mol. The van der Waals surface area contributed by atoms with Crippen LogP contribution in [0.2, 0.25) is 0 Å². The van der Waals surface area contributed by atoms with Crippen molar-refractivity contribution in [2.75, 3.05) is 0 Å². The van der Waals surface area contributed by atoms with Crippen molar-refractivity contribution in [3.05, 3.63) is 71.1 Å². The molecule has 0 spiro atoms. The summed E-state index contributed by atoms with van der Waals surface area (Å²) < 4.78 is 1.98. The molecule has 3 aromatic rings. The van der Waals surface area contributed by atoms with Gasteiger partial charge in [-0.2, -0.15) is 0 Å². The molecule has 0 N–H and O–H groups in total. The van der Waals surface area contributed by atoms with E-state index < -0.39 is 11.7 Å². The first kappa shape index (κ1) is 12.0. The molecule has 0 saturated carbocycles. The van der Waals surface area contributed by atoms with Crippen molar-refractivity contribution < 1.29 is 9.79 Å². The van der Waals surface area contributed by atoms with Crippen LogP contribution < -0.4 is 15.5 Å². The zero-order valence-electron chi connectivity index (χ0n) is 10.4. The fourth-order valence-electron chi connectivity index (χ4n) is 1.82. The van der Waals surface area contributed by atoms with Crippen molar-refractivity contribution in [2.45, 2.75) is 0 Å². The lowest BCUT2D eigenvalue weighted by Gasteiger charge is -2.05. The molecule has 0 saturated heterocycles. The van der Waals surface area contributed by atoms with Crippen molar-refractivity contribution in [1.29, 1.82) is 0 Å². The molecule has 6 heteroatoms. The van der Waals surface area contributed by atoms with E-state index in [-0.39, 0.29) is 0 Å². The van der Waals surface area contributed by atoms with Crippen LogP contribution in [0.15, 0.2) is 65.5 Å². The van der Waals surface area contributed by atoms with Gasteiger partial charge in [-0.05, 0) is 29.4 Å². The lowest BCUT2D eigenvalue weighted by molar-refractivity contribution is -0.711. The molecule has 98 valence electrons. The van der Waals surface area contributed by atoms with E-state index in [1.165, 1.54) is 0 Å². The van der Waals surface area contributed by atoms with Crippen LogP contribution in [0.1, 0.15) is 0 Å². The molecule has 0 radical (unpaired) electrons. The van der Waals surface area contributed by atoms with Gasteiger partial charge in [-0.25, -0.2) is 4.79 Å². The third-order valence-corrected chi connectivity index (χ3v) is 2.73. The molecule has 0 unspecified atom stereocenters. The van der Waals surface area contributed by atoms with Crippen molar-refractivity contribution in [3.63, 3.8) is 0 Å². The molecular weight excluding hydrogens is 256 g/mol. The maximum atomic E-state index is 12.0. The Bertz CT molecular complexity index is 785. The van der Waals surface area contributed by atoms with Crippen molar-refractivity contribution in [2.24, 2.45) is 0 Å². The molecule has 3 rings (SSSR count). The highest BCUT2D eigenvalue weighted by Crippen LogP contribution is 2.03. The van der Waals surface area contributed by atoms with Crippen molar-refractivity contribution >= 4 is 0 Å². The fraction of sp³-hybridized carbons (Fsp3) is 0. The van der Waals surface area contributed by atoms with Gasteiger partial charge in [0.25, 0.3) is 0 Å². The van der Waals surface area contributed by atoms with Crippen LogP contribution in [0.25, 0.3) is 11.4 Å². The number of hydrogen-bond acceptors (Lipinski definition) is 4. The first-order chi connectivity index (χ1) is 9.75. The SMILES string of the molecule is O=c1n[n+](-c2ccccc2)c([O-])nn1-c1ccccc1. The third-order valence-electron chi connectivity index (χ3n) is 2.73. The summed E-state index contributed by atoms with van der Waals surface area (Å²) in [6.45, 7) is 0. The topological polar surface area (TPSA) is 74.7 Å². The second kappa shape index (κ2) is 4.93. The zero-order chi connectivity index (χ0) is 13.9. The minimum absolute atomic E-state index is 0.502. The molecule has 1 heterocycles. The summed E-state index contributed by atoms with van der Waals surface area (Å²) in [6.07, 6.45) is 0. The molecule has 0 bridgehead atoms. The zero-order valence-corrected chi connectivity index (χ0v) is 10.4. The van der Waals surface area contributed by atoms with E-state index >= 15 is 0 Å².